The summed E-state index contributed by atoms with van der Waals surface area (Å²) < 4.78 is 36.9. The molecule has 0 saturated carbocycles. The molecule has 194 valence electrons. The first kappa shape index (κ1) is 25.0. The van der Waals surface area contributed by atoms with Crippen LogP contribution >= 0.6 is 0 Å². The summed E-state index contributed by atoms with van der Waals surface area (Å²) in [6.07, 6.45) is 1.10. The van der Waals surface area contributed by atoms with Crippen LogP contribution in [0.25, 0.3) is 21.7 Å². The highest BCUT2D eigenvalue weighted by atomic mass is 19.1. The van der Waals surface area contributed by atoms with Gasteiger partial charge in [-0.15, -0.1) is 0 Å². The number of pyridine rings is 1. The Bertz CT molecular complexity index is 1670. The second-order valence-corrected chi connectivity index (χ2v) is 9.73. The molecule has 2 aromatic heterocycles. The van der Waals surface area contributed by atoms with Crippen LogP contribution in [0.3, 0.4) is 0 Å². The Labute approximate surface area is 218 Å². The number of aromatic nitrogens is 2. The van der Waals surface area contributed by atoms with Gasteiger partial charge in [0.2, 0.25) is 0 Å². The van der Waals surface area contributed by atoms with Gasteiger partial charge in [-0.1, -0.05) is 38.1 Å². The summed E-state index contributed by atoms with van der Waals surface area (Å²) in [5, 5.41) is 8.62. The van der Waals surface area contributed by atoms with Crippen LogP contribution in [0.2, 0.25) is 0 Å². The highest BCUT2D eigenvalue weighted by molar-refractivity contribution is 6.12. The predicted octanol–water partition coefficient (Wildman–Crippen LogP) is 6.87. The largest absolute Gasteiger partial charge is 0.493 e. The van der Waals surface area contributed by atoms with Crippen LogP contribution in [0.5, 0.6) is 23.0 Å². The number of fused-ring (bicyclic) bond motifs is 2. The molecule has 0 aliphatic rings. The van der Waals surface area contributed by atoms with Gasteiger partial charge in [-0.25, -0.2) is 4.39 Å². The molecule has 0 aliphatic carbocycles. The first-order valence-electron chi connectivity index (χ1n) is 11.9. The van der Waals surface area contributed by atoms with E-state index in [4.69, 9.17) is 18.7 Å². The number of hydrogen-bond donors (Lipinski definition) is 1. The molecule has 9 heteroatoms. The van der Waals surface area contributed by atoms with Crippen molar-refractivity contribution in [2.45, 2.75) is 26.2 Å². The van der Waals surface area contributed by atoms with Crippen LogP contribution in [0, 0.1) is 5.82 Å². The van der Waals surface area contributed by atoms with E-state index >= 15 is 0 Å². The fraction of sp³-hybridized carbons (Fsp3) is 0.207. The van der Waals surface area contributed by atoms with Gasteiger partial charge < -0.3 is 24.1 Å². The lowest BCUT2D eigenvalue weighted by Gasteiger charge is -2.14. The van der Waals surface area contributed by atoms with E-state index in [0.29, 0.717) is 50.7 Å². The summed E-state index contributed by atoms with van der Waals surface area (Å²) in [7, 11) is 3.02. The molecule has 0 spiro atoms. The van der Waals surface area contributed by atoms with E-state index in [1.54, 1.807) is 48.5 Å². The van der Waals surface area contributed by atoms with Crippen molar-refractivity contribution in [1.29, 1.82) is 0 Å². The van der Waals surface area contributed by atoms with Gasteiger partial charge in [-0.05, 0) is 41.1 Å². The minimum absolute atomic E-state index is 0.00452. The zero-order valence-corrected chi connectivity index (χ0v) is 21.6. The molecular formula is C29H26FN3O5. The fourth-order valence-electron chi connectivity index (χ4n) is 4.09. The van der Waals surface area contributed by atoms with Gasteiger partial charge in [0.05, 0.1) is 25.9 Å². The van der Waals surface area contributed by atoms with Crippen molar-refractivity contribution in [2.24, 2.45) is 0 Å². The van der Waals surface area contributed by atoms with E-state index in [9.17, 15) is 9.18 Å². The molecule has 8 nitrogen and oxygen atoms in total. The standard InChI is InChI=1S/C29H26FN3O5/c1-29(2,3)25-14-26(33-38-25)32-28(34)19-8-6-7-16-11-17(9-10-18(16)19)37-27-20-12-23(35-4)24(36-5)13-22(20)31-15-21(27)30/h6-15H,1-5H3,(H,32,33,34). The Morgan fingerprint density at radius 1 is 0.974 bits per heavy atom. The second kappa shape index (κ2) is 9.66. The minimum Gasteiger partial charge on any atom is -0.493 e. The molecule has 38 heavy (non-hydrogen) atoms. The van der Waals surface area contributed by atoms with Crippen LogP contribution < -0.4 is 19.5 Å². The number of nitrogens with one attached hydrogen (secondary N) is 1. The molecule has 0 bridgehead atoms. The van der Waals surface area contributed by atoms with Crippen molar-refractivity contribution >= 4 is 33.4 Å². The molecule has 0 saturated heterocycles. The van der Waals surface area contributed by atoms with Crippen molar-refractivity contribution < 1.29 is 27.9 Å². The van der Waals surface area contributed by atoms with E-state index in [-0.39, 0.29) is 17.1 Å². The SMILES string of the molecule is COc1cc2ncc(F)c(Oc3ccc4c(C(=O)Nc5cc(C(C)(C)C)on5)cccc4c3)c2cc1OC. The highest BCUT2D eigenvalue weighted by Gasteiger charge is 2.21. The zero-order chi connectivity index (χ0) is 27.0. The van der Waals surface area contributed by atoms with E-state index in [2.05, 4.69) is 15.5 Å². The third-order valence-corrected chi connectivity index (χ3v) is 6.09. The third-order valence-electron chi connectivity index (χ3n) is 6.09. The fourth-order valence-corrected chi connectivity index (χ4v) is 4.09. The molecule has 1 N–H and O–H groups in total. The maximum atomic E-state index is 14.9. The van der Waals surface area contributed by atoms with E-state index in [1.807, 2.05) is 26.8 Å². The monoisotopic (exact) mass is 515 g/mol. The van der Waals surface area contributed by atoms with Gasteiger partial charge in [0.1, 0.15) is 11.5 Å². The number of anilines is 1. The van der Waals surface area contributed by atoms with Crippen LogP contribution in [0.4, 0.5) is 10.2 Å². The molecule has 5 rings (SSSR count). The Morgan fingerprint density at radius 3 is 2.45 bits per heavy atom. The van der Waals surface area contributed by atoms with Crippen molar-refractivity contribution in [3.8, 4) is 23.0 Å². The Kier molecular flexibility index (Phi) is 6.36. The molecule has 0 fully saturated rings. The van der Waals surface area contributed by atoms with Crippen LogP contribution in [-0.2, 0) is 5.41 Å². The molecule has 0 aliphatic heterocycles. The molecule has 0 atom stereocenters. The highest BCUT2D eigenvalue weighted by Crippen LogP contribution is 2.39. The van der Waals surface area contributed by atoms with Crippen LogP contribution in [0.15, 0.2) is 65.3 Å². The lowest BCUT2D eigenvalue weighted by atomic mass is 9.93. The first-order valence-corrected chi connectivity index (χ1v) is 11.9. The first-order chi connectivity index (χ1) is 18.2. The average molecular weight is 516 g/mol. The Morgan fingerprint density at radius 2 is 1.74 bits per heavy atom. The third kappa shape index (κ3) is 4.70. The number of hydrogen-bond acceptors (Lipinski definition) is 7. The van der Waals surface area contributed by atoms with Crippen molar-refractivity contribution in [3.63, 3.8) is 0 Å². The topological polar surface area (TPSA) is 95.7 Å². The molecule has 0 radical (unpaired) electrons. The van der Waals surface area contributed by atoms with E-state index in [1.165, 1.54) is 14.2 Å². The number of nitrogens with zero attached hydrogens (tertiary/aromatic N) is 2. The van der Waals surface area contributed by atoms with Crippen molar-refractivity contribution in [1.82, 2.24) is 10.1 Å². The summed E-state index contributed by atoms with van der Waals surface area (Å²) >= 11 is 0. The lowest BCUT2D eigenvalue weighted by Crippen LogP contribution is -2.13. The summed E-state index contributed by atoms with van der Waals surface area (Å²) in [6, 6.07) is 15.5. The quantitative estimate of drug-likeness (QED) is 0.263. The summed E-state index contributed by atoms with van der Waals surface area (Å²) in [5.41, 5.74) is 0.704. The molecule has 3 aromatic carbocycles. The van der Waals surface area contributed by atoms with Gasteiger partial charge in [0.15, 0.2) is 28.9 Å². The van der Waals surface area contributed by atoms with Crippen LogP contribution in [0.1, 0.15) is 36.9 Å². The van der Waals surface area contributed by atoms with Gasteiger partial charge in [-0.2, -0.15) is 0 Å². The number of carbonyl (C=O) groups excluding carboxylic acids is 1. The maximum absolute atomic E-state index is 14.9. The number of amides is 1. The number of ether oxygens (including phenoxy) is 3. The number of carbonyl (C=O) groups is 1. The van der Waals surface area contributed by atoms with E-state index in [0.717, 1.165) is 11.6 Å². The van der Waals surface area contributed by atoms with Crippen molar-refractivity contribution in [2.75, 3.05) is 19.5 Å². The maximum Gasteiger partial charge on any atom is 0.257 e. The lowest BCUT2D eigenvalue weighted by molar-refractivity contribution is 0.102. The number of rotatable bonds is 6. The minimum atomic E-state index is -0.625. The molecule has 5 aromatic rings. The molecular weight excluding hydrogens is 489 g/mol. The summed E-state index contributed by atoms with van der Waals surface area (Å²) in [4.78, 5) is 17.2. The van der Waals surface area contributed by atoms with Gasteiger partial charge in [-0.3, -0.25) is 9.78 Å². The summed E-state index contributed by atoms with van der Waals surface area (Å²) in [5.74, 6) is 1.34. The Balaban J connectivity index is 1.46. The number of methoxy groups -OCH3 is 2. The van der Waals surface area contributed by atoms with Gasteiger partial charge in [0, 0.05) is 28.5 Å². The van der Waals surface area contributed by atoms with Crippen molar-refractivity contribution in [3.05, 3.63) is 77.9 Å². The smallest absolute Gasteiger partial charge is 0.257 e. The number of halogens is 1. The molecule has 2 heterocycles. The second-order valence-electron chi connectivity index (χ2n) is 9.73. The van der Waals surface area contributed by atoms with Gasteiger partial charge in [0.25, 0.3) is 5.91 Å². The molecule has 1 amide bonds. The normalized spacial score (nSPS) is 11.5. The van der Waals surface area contributed by atoms with Crippen LogP contribution in [-0.4, -0.2) is 30.3 Å². The summed E-state index contributed by atoms with van der Waals surface area (Å²) in [6.45, 7) is 5.99. The average Bonchev–Trinajstić information content (AvgIpc) is 3.38. The van der Waals surface area contributed by atoms with E-state index < -0.39 is 5.82 Å². The Hall–Kier alpha value is -4.66. The molecule has 0 unspecified atom stereocenters. The number of benzene rings is 3. The predicted molar refractivity (Wildman–Crippen MR) is 142 cm³/mol. The van der Waals surface area contributed by atoms with Gasteiger partial charge >= 0.3 is 0 Å². The zero-order valence-electron chi connectivity index (χ0n) is 21.6.